The molecule has 0 spiro atoms. The third-order valence-corrected chi connectivity index (χ3v) is 5.23. The van der Waals surface area contributed by atoms with Gasteiger partial charge in [-0.1, -0.05) is 30.3 Å². The lowest BCUT2D eigenvalue weighted by molar-refractivity contribution is -0.130. The number of fused-ring (bicyclic) bond motifs is 1. The molecular formula is C20H22N4O2. The first-order valence-electron chi connectivity index (χ1n) is 8.91. The van der Waals surface area contributed by atoms with Crippen molar-refractivity contribution in [2.75, 3.05) is 13.2 Å². The largest absolute Gasteiger partial charge is 0.381 e. The Kier molecular flexibility index (Phi) is 4.42. The molecule has 1 fully saturated rings. The molecule has 134 valence electrons. The summed E-state index contributed by atoms with van der Waals surface area (Å²) in [6, 6.07) is 13.9. The van der Waals surface area contributed by atoms with E-state index in [0.717, 1.165) is 22.6 Å². The molecule has 0 unspecified atom stereocenters. The molecule has 1 N–H and O–H groups in total. The van der Waals surface area contributed by atoms with Gasteiger partial charge in [-0.3, -0.25) is 9.20 Å². The van der Waals surface area contributed by atoms with Crippen molar-refractivity contribution in [2.45, 2.75) is 31.7 Å². The minimum Gasteiger partial charge on any atom is -0.381 e. The Morgan fingerprint density at radius 1 is 1.15 bits per heavy atom. The second-order valence-corrected chi connectivity index (χ2v) is 6.74. The van der Waals surface area contributed by atoms with Crippen LogP contribution in [0.15, 0.2) is 48.7 Å². The maximum Gasteiger partial charge on any atom is 0.231 e. The number of benzene rings is 1. The standard InChI is InChI=1S/C20H22N4O2/c1-15-6-2-3-7-16(15)20(9-12-26-13-10-20)19(25)21-14-18-23-22-17-8-4-5-11-24(17)18/h2-8,11H,9-10,12-14H2,1H3,(H,21,25). The lowest BCUT2D eigenvalue weighted by Crippen LogP contribution is -2.48. The van der Waals surface area contributed by atoms with E-state index in [-0.39, 0.29) is 5.91 Å². The number of carbonyl (C=O) groups is 1. The molecule has 4 rings (SSSR count). The van der Waals surface area contributed by atoms with Crippen LogP contribution in [0.2, 0.25) is 0 Å². The highest BCUT2D eigenvalue weighted by Gasteiger charge is 2.42. The average molecular weight is 350 g/mol. The molecule has 0 radical (unpaired) electrons. The van der Waals surface area contributed by atoms with Crippen LogP contribution in [0, 0.1) is 6.92 Å². The van der Waals surface area contributed by atoms with Crippen molar-refractivity contribution >= 4 is 11.6 Å². The summed E-state index contributed by atoms with van der Waals surface area (Å²) >= 11 is 0. The van der Waals surface area contributed by atoms with Gasteiger partial charge >= 0.3 is 0 Å². The highest BCUT2D eigenvalue weighted by Crippen LogP contribution is 2.37. The molecule has 0 saturated carbocycles. The van der Waals surface area contributed by atoms with E-state index >= 15 is 0 Å². The number of hydrogen-bond donors (Lipinski definition) is 1. The second-order valence-electron chi connectivity index (χ2n) is 6.74. The van der Waals surface area contributed by atoms with Crippen LogP contribution in [0.4, 0.5) is 0 Å². The molecule has 2 aromatic heterocycles. The summed E-state index contributed by atoms with van der Waals surface area (Å²) in [6.07, 6.45) is 3.27. The van der Waals surface area contributed by atoms with Gasteiger partial charge in [0.15, 0.2) is 11.5 Å². The lowest BCUT2D eigenvalue weighted by atomic mass is 9.72. The first-order valence-corrected chi connectivity index (χ1v) is 8.91. The fourth-order valence-corrected chi connectivity index (χ4v) is 3.79. The number of pyridine rings is 1. The summed E-state index contributed by atoms with van der Waals surface area (Å²) in [7, 11) is 0. The van der Waals surface area contributed by atoms with E-state index in [4.69, 9.17) is 4.74 Å². The predicted molar refractivity (Wildman–Crippen MR) is 97.7 cm³/mol. The molecule has 1 saturated heterocycles. The minimum atomic E-state index is -0.552. The number of amides is 1. The van der Waals surface area contributed by atoms with Crippen molar-refractivity contribution in [2.24, 2.45) is 0 Å². The quantitative estimate of drug-likeness (QED) is 0.784. The first-order chi connectivity index (χ1) is 12.7. The van der Waals surface area contributed by atoms with E-state index in [1.165, 1.54) is 0 Å². The second kappa shape index (κ2) is 6.88. The number of aryl methyl sites for hydroxylation is 1. The van der Waals surface area contributed by atoms with Crippen LogP contribution in [0.5, 0.6) is 0 Å². The fourth-order valence-electron chi connectivity index (χ4n) is 3.79. The molecule has 1 aliphatic rings. The van der Waals surface area contributed by atoms with Crippen LogP contribution in [0.25, 0.3) is 5.65 Å². The smallest absolute Gasteiger partial charge is 0.231 e. The molecule has 0 bridgehead atoms. The Morgan fingerprint density at radius 2 is 1.92 bits per heavy atom. The molecule has 1 aliphatic heterocycles. The Hall–Kier alpha value is -2.73. The third kappa shape index (κ3) is 2.86. The predicted octanol–water partition coefficient (Wildman–Crippen LogP) is 2.40. The zero-order chi connectivity index (χ0) is 18.0. The van der Waals surface area contributed by atoms with Crippen LogP contribution < -0.4 is 5.32 Å². The lowest BCUT2D eigenvalue weighted by Gasteiger charge is -2.37. The minimum absolute atomic E-state index is 0.0304. The summed E-state index contributed by atoms with van der Waals surface area (Å²) in [6.45, 7) is 3.59. The van der Waals surface area contributed by atoms with Gasteiger partial charge in [0.1, 0.15) is 0 Å². The molecule has 3 aromatic rings. The Bertz CT molecular complexity index is 928. The van der Waals surface area contributed by atoms with Crippen molar-refractivity contribution in [1.82, 2.24) is 19.9 Å². The number of rotatable bonds is 4. The summed E-state index contributed by atoms with van der Waals surface area (Å²) in [5, 5.41) is 11.4. The van der Waals surface area contributed by atoms with Crippen LogP contribution >= 0.6 is 0 Å². The van der Waals surface area contributed by atoms with Gasteiger partial charge in [0.2, 0.25) is 5.91 Å². The Labute approximate surface area is 152 Å². The number of ether oxygens (including phenoxy) is 1. The molecule has 6 heteroatoms. The molecule has 3 heterocycles. The SMILES string of the molecule is Cc1ccccc1C1(C(=O)NCc2nnc3ccccn23)CCOCC1. The molecule has 26 heavy (non-hydrogen) atoms. The van der Waals surface area contributed by atoms with E-state index in [1.807, 2.05) is 40.9 Å². The highest BCUT2D eigenvalue weighted by molar-refractivity contribution is 5.88. The Morgan fingerprint density at radius 3 is 2.73 bits per heavy atom. The van der Waals surface area contributed by atoms with Gasteiger partial charge in [-0.25, -0.2) is 0 Å². The van der Waals surface area contributed by atoms with Gasteiger partial charge in [0.25, 0.3) is 0 Å². The van der Waals surface area contributed by atoms with Gasteiger partial charge in [-0.2, -0.15) is 0 Å². The normalized spacial score (nSPS) is 16.5. The number of carbonyl (C=O) groups excluding carboxylic acids is 1. The zero-order valence-electron chi connectivity index (χ0n) is 14.8. The van der Waals surface area contributed by atoms with Gasteiger partial charge in [-0.15, -0.1) is 10.2 Å². The highest BCUT2D eigenvalue weighted by atomic mass is 16.5. The number of aromatic nitrogens is 3. The summed E-state index contributed by atoms with van der Waals surface area (Å²) in [4.78, 5) is 13.3. The zero-order valence-corrected chi connectivity index (χ0v) is 14.8. The summed E-state index contributed by atoms with van der Waals surface area (Å²) < 4.78 is 7.43. The van der Waals surface area contributed by atoms with E-state index in [2.05, 4.69) is 34.6 Å². The van der Waals surface area contributed by atoms with E-state index in [1.54, 1.807) is 0 Å². The van der Waals surface area contributed by atoms with Crippen molar-refractivity contribution in [3.63, 3.8) is 0 Å². The van der Waals surface area contributed by atoms with Crippen molar-refractivity contribution in [3.05, 3.63) is 65.6 Å². The number of nitrogens with zero attached hydrogens (tertiary/aromatic N) is 3. The summed E-state index contributed by atoms with van der Waals surface area (Å²) in [5.74, 6) is 0.753. The molecule has 1 amide bonds. The average Bonchev–Trinajstić information content (AvgIpc) is 3.10. The van der Waals surface area contributed by atoms with Crippen molar-refractivity contribution in [3.8, 4) is 0 Å². The molecule has 6 nitrogen and oxygen atoms in total. The Balaban J connectivity index is 1.60. The van der Waals surface area contributed by atoms with Crippen LogP contribution in [0.3, 0.4) is 0 Å². The van der Waals surface area contributed by atoms with Crippen LogP contribution in [-0.2, 0) is 21.5 Å². The van der Waals surface area contributed by atoms with Gasteiger partial charge in [0, 0.05) is 19.4 Å². The third-order valence-electron chi connectivity index (χ3n) is 5.23. The van der Waals surface area contributed by atoms with Gasteiger partial charge in [0.05, 0.1) is 12.0 Å². The molecular weight excluding hydrogens is 328 g/mol. The van der Waals surface area contributed by atoms with Gasteiger partial charge < -0.3 is 10.1 Å². The number of hydrogen-bond acceptors (Lipinski definition) is 4. The summed E-state index contributed by atoms with van der Waals surface area (Å²) in [5.41, 5.74) is 2.45. The first kappa shape index (κ1) is 16.7. The van der Waals surface area contributed by atoms with Crippen molar-refractivity contribution < 1.29 is 9.53 Å². The monoisotopic (exact) mass is 350 g/mol. The topological polar surface area (TPSA) is 68.5 Å². The number of nitrogens with one attached hydrogen (secondary N) is 1. The fraction of sp³-hybridized carbons (Fsp3) is 0.350. The van der Waals surface area contributed by atoms with Gasteiger partial charge in [-0.05, 0) is 43.0 Å². The molecule has 1 aromatic carbocycles. The van der Waals surface area contributed by atoms with Crippen LogP contribution in [0.1, 0.15) is 29.8 Å². The van der Waals surface area contributed by atoms with Crippen LogP contribution in [-0.4, -0.2) is 33.7 Å². The van der Waals surface area contributed by atoms with Crippen molar-refractivity contribution in [1.29, 1.82) is 0 Å². The van der Waals surface area contributed by atoms with E-state index in [0.29, 0.717) is 32.6 Å². The molecule has 0 atom stereocenters. The molecule has 0 aliphatic carbocycles. The van der Waals surface area contributed by atoms with E-state index < -0.39 is 5.41 Å². The maximum absolute atomic E-state index is 13.3. The maximum atomic E-state index is 13.3. The van der Waals surface area contributed by atoms with E-state index in [9.17, 15) is 4.79 Å².